The first kappa shape index (κ1) is 12.9. The molecule has 0 unspecified atom stereocenters. The lowest BCUT2D eigenvalue weighted by atomic mass is 10.2. The van der Waals surface area contributed by atoms with Crippen molar-refractivity contribution >= 4 is 12.0 Å². The molecule has 0 spiro atoms. The number of halogens is 4. The van der Waals surface area contributed by atoms with Crippen LogP contribution in [0.3, 0.4) is 0 Å². The second-order valence-corrected chi connectivity index (χ2v) is 4.33. The van der Waals surface area contributed by atoms with Gasteiger partial charge in [0.2, 0.25) is 0 Å². The molecule has 98 valence electrons. The number of alkyl halides is 3. The van der Waals surface area contributed by atoms with Crippen LogP contribution in [0, 0.1) is 5.82 Å². The number of hydrogen-bond donors (Lipinski definition) is 0. The monoisotopic (exact) mass is 261 g/mol. The molecule has 1 aliphatic rings. The molecular formula is C12H11F4NO. The van der Waals surface area contributed by atoms with Gasteiger partial charge in [-0.05, 0) is 31.0 Å². The second kappa shape index (κ2) is 4.59. The highest BCUT2D eigenvalue weighted by atomic mass is 19.4. The summed E-state index contributed by atoms with van der Waals surface area (Å²) in [5.74, 6) is -0.706. The SMILES string of the molecule is O=Cc1cc(F)cc(N(CC(F)(F)F)C2CC2)c1. The quantitative estimate of drug-likeness (QED) is 0.613. The van der Waals surface area contributed by atoms with Gasteiger partial charge in [0, 0.05) is 17.3 Å². The molecule has 0 N–H and O–H groups in total. The first-order chi connectivity index (χ1) is 8.39. The van der Waals surface area contributed by atoms with Gasteiger partial charge in [-0.15, -0.1) is 0 Å². The first-order valence-electron chi connectivity index (χ1n) is 5.48. The van der Waals surface area contributed by atoms with E-state index in [1.54, 1.807) is 0 Å². The highest BCUT2D eigenvalue weighted by Gasteiger charge is 2.38. The Balaban J connectivity index is 2.30. The predicted molar refractivity (Wildman–Crippen MR) is 58.2 cm³/mol. The zero-order valence-electron chi connectivity index (χ0n) is 9.38. The van der Waals surface area contributed by atoms with Gasteiger partial charge >= 0.3 is 6.18 Å². The van der Waals surface area contributed by atoms with Gasteiger partial charge < -0.3 is 4.90 Å². The zero-order chi connectivity index (χ0) is 13.3. The maximum atomic E-state index is 13.2. The summed E-state index contributed by atoms with van der Waals surface area (Å²) in [4.78, 5) is 11.7. The van der Waals surface area contributed by atoms with E-state index in [0.29, 0.717) is 19.1 Å². The molecule has 2 rings (SSSR count). The average molecular weight is 261 g/mol. The summed E-state index contributed by atoms with van der Waals surface area (Å²) < 4.78 is 50.6. The van der Waals surface area contributed by atoms with Crippen molar-refractivity contribution in [3.8, 4) is 0 Å². The fourth-order valence-corrected chi connectivity index (χ4v) is 1.84. The van der Waals surface area contributed by atoms with E-state index in [1.165, 1.54) is 6.07 Å². The van der Waals surface area contributed by atoms with Crippen LogP contribution in [0.4, 0.5) is 23.2 Å². The summed E-state index contributed by atoms with van der Waals surface area (Å²) in [6.07, 6.45) is -2.62. The number of nitrogens with zero attached hydrogens (tertiary/aromatic N) is 1. The number of hydrogen-bond acceptors (Lipinski definition) is 2. The summed E-state index contributed by atoms with van der Waals surface area (Å²) >= 11 is 0. The largest absolute Gasteiger partial charge is 0.405 e. The molecule has 0 heterocycles. The molecule has 0 bridgehead atoms. The summed E-state index contributed by atoms with van der Waals surface area (Å²) in [7, 11) is 0. The topological polar surface area (TPSA) is 20.3 Å². The Labute approximate surface area is 101 Å². The van der Waals surface area contributed by atoms with Crippen molar-refractivity contribution in [2.45, 2.75) is 25.1 Å². The molecule has 0 atom stereocenters. The van der Waals surface area contributed by atoms with E-state index in [0.717, 1.165) is 17.0 Å². The highest BCUT2D eigenvalue weighted by molar-refractivity contribution is 5.77. The molecule has 6 heteroatoms. The molecule has 0 saturated heterocycles. The van der Waals surface area contributed by atoms with E-state index >= 15 is 0 Å². The lowest BCUT2D eigenvalue weighted by molar-refractivity contribution is -0.120. The van der Waals surface area contributed by atoms with Crippen LogP contribution in [0.2, 0.25) is 0 Å². The minimum absolute atomic E-state index is 0.0397. The van der Waals surface area contributed by atoms with Crippen LogP contribution >= 0.6 is 0 Å². The van der Waals surface area contributed by atoms with Crippen molar-refractivity contribution in [3.05, 3.63) is 29.6 Å². The third kappa shape index (κ3) is 3.21. The average Bonchev–Trinajstić information content (AvgIpc) is 3.07. The molecule has 1 fully saturated rings. The van der Waals surface area contributed by atoms with E-state index in [2.05, 4.69) is 0 Å². The van der Waals surface area contributed by atoms with E-state index in [-0.39, 0.29) is 17.3 Å². The van der Waals surface area contributed by atoms with Gasteiger partial charge in [0.25, 0.3) is 0 Å². The molecule has 0 aromatic heterocycles. The van der Waals surface area contributed by atoms with Crippen LogP contribution in [0.15, 0.2) is 18.2 Å². The molecular weight excluding hydrogens is 250 g/mol. The summed E-state index contributed by atoms with van der Waals surface area (Å²) in [5.41, 5.74) is 0.148. The molecule has 1 aromatic rings. The Hall–Kier alpha value is -1.59. The van der Waals surface area contributed by atoms with Gasteiger partial charge in [-0.2, -0.15) is 13.2 Å². The van der Waals surface area contributed by atoms with Gasteiger partial charge in [0.05, 0.1) is 0 Å². The van der Waals surface area contributed by atoms with Gasteiger partial charge in [0.1, 0.15) is 18.6 Å². The Morgan fingerprint density at radius 2 is 1.94 bits per heavy atom. The molecule has 0 amide bonds. The Morgan fingerprint density at radius 1 is 1.28 bits per heavy atom. The molecule has 0 radical (unpaired) electrons. The van der Waals surface area contributed by atoms with Crippen LogP contribution in [0.1, 0.15) is 23.2 Å². The van der Waals surface area contributed by atoms with Crippen molar-refractivity contribution < 1.29 is 22.4 Å². The molecule has 1 saturated carbocycles. The van der Waals surface area contributed by atoms with E-state index in [1.807, 2.05) is 0 Å². The third-order valence-corrected chi connectivity index (χ3v) is 2.71. The first-order valence-corrected chi connectivity index (χ1v) is 5.48. The summed E-state index contributed by atoms with van der Waals surface area (Å²) in [6.45, 7) is -1.13. The minimum Gasteiger partial charge on any atom is -0.359 e. The summed E-state index contributed by atoms with van der Waals surface area (Å²) in [5, 5.41) is 0. The van der Waals surface area contributed by atoms with E-state index < -0.39 is 18.5 Å². The molecule has 1 aliphatic carbocycles. The molecule has 18 heavy (non-hydrogen) atoms. The van der Waals surface area contributed by atoms with Crippen molar-refractivity contribution in [1.29, 1.82) is 0 Å². The van der Waals surface area contributed by atoms with Crippen molar-refractivity contribution in [2.75, 3.05) is 11.4 Å². The Bertz CT molecular complexity index is 454. The second-order valence-electron chi connectivity index (χ2n) is 4.33. The third-order valence-electron chi connectivity index (χ3n) is 2.71. The Morgan fingerprint density at radius 3 is 2.44 bits per heavy atom. The number of benzene rings is 1. The molecule has 2 nitrogen and oxygen atoms in total. The minimum atomic E-state index is -4.35. The predicted octanol–water partition coefficient (Wildman–Crippen LogP) is 3.17. The maximum absolute atomic E-state index is 13.2. The van der Waals surface area contributed by atoms with Crippen LogP contribution in [-0.2, 0) is 0 Å². The number of anilines is 1. The number of carbonyl (C=O) groups excluding carboxylic acids is 1. The lowest BCUT2D eigenvalue weighted by Gasteiger charge is -2.26. The summed E-state index contributed by atoms with van der Waals surface area (Å²) in [6, 6.07) is 3.08. The van der Waals surface area contributed by atoms with Crippen LogP contribution in [-0.4, -0.2) is 25.0 Å². The fraction of sp³-hybridized carbons (Fsp3) is 0.417. The maximum Gasteiger partial charge on any atom is 0.405 e. The number of aldehydes is 1. The zero-order valence-corrected chi connectivity index (χ0v) is 9.38. The van der Waals surface area contributed by atoms with Crippen LogP contribution in [0.5, 0.6) is 0 Å². The van der Waals surface area contributed by atoms with Gasteiger partial charge in [-0.1, -0.05) is 0 Å². The standard InChI is InChI=1S/C12H11F4NO/c13-9-3-8(6-18)4-11(5-9)17(10-1-2-10)7-12(14,15)16/h3-6,10H,1-2,7H2. The fourth-order valence-electron chi connectivity index (χ4n) is 1.84. The van der Waals surface area contributed by atoms with Gasteiger partial charge in [0.15, 0.2) is 0 Å². The van der Waals surface area contributed by atoms with Crippen LogP contribution in [0.25, 0.3) is 0 Å². The van der Waals surface area contributed by atoms with Gasteiger partial charge in [-0.25, -0.2) is 4.39 Å². The highest BCUT2D eigenvalue weighted by Crippen LogP contribution is 2.34. The lowest BCUT2D eigenvalue weighted by Crippen LogP contribution is -2.36. The molecule has 1 aromatic carbocycles. The van der Waals surface area contributed by atoms with Crippen molar-refractivity contribution in [1.82, 2.24) is 0 Å². The van der Waals surface area contributed by atoms with E-state index in [9.17, 15) is 22.4 Å². The van der Waals surface area contributed by atoms with E-state index in [4.69, 9.17) is 0 Å². The Kier molecular flexibility index (Phi) is 3.28. The van der Waals surface area contributed by atoms with Gasteiger partial charge in [-0.3, -0.25) is 4.79 Å². The normalized spacial score (nSPS) is 15.6. The number of rotatable bonds is 4. The van der Waals surface area contributed by atoms with Crippen LogP contribution < -0.4 is 4.90 Å². The number of carbonyl (C=O) groups is 1. The van der Waals surface area contributed by atoms with Crippen molar-refractivity contribution in [3.63, 3.8) is 0 Å². The van der Waals surface area contributed by atoms with Crippen molar-refractivity contribution in [2.24, 2.45) is 0 Å². The molecule has 0 aliphatic heterocycles. The smallest absolute Gasteiger partial charge is 0.359 e.